The van der Waals surface area contributed by atoms with E-state index in [1.54, 1.807) is 13.0 Å². The van der Waals surface area contributed by atoms with Crippen molar-refractivity contribution in [3.8, 4) is 11.8 Å². The highest BCUT2D eigenvalue weighted by atomic mass is 16.5. The normalized spacial score (nSPS) is 16.8. The number of nitrogens with one attached hydrogen (secondary N) is 2. The van der Waals surface area contributed by atoms with E-state index in [1.807, 2.05) is 26.0 Å². The fourth-order valence-corrected chi connectivity index (χ4v) is 2.80. The molecule has 1 fully saturated rings. The number of hydrogen-bond donors (Lipinski definition) is 2. The van der Waals surface area contributed by atoms with Crippen LogP contribution in [0.2, 0.25) is 0 Å². The van der Waals surface area contributed by atoms with E-state index in [1.165, 1.54) is 0 Å². The summed E-state index contributed by atoms with van der Waals surface area (Å²) >= 11 is 0. The fraction of sp³-hybridized carbons (Fsp3) is 0.500. The highest BCUT2D eigenvalue weighted by Gasteiger charge is 2.41. The highest BCUT2D eigenvalue weighted by molar-refractivity contribution is 5.89. The maximum absolute atomic E-state index is 12.2. The molecule has 2 N–H and O–H groups in total. The molecule has 0 aromatic heterocycles. The maximum atomic E-state index is 12.2. The van der Waals surface area contributed by atoms with E-state index in [2.05, 4.69) is 16.9 Å². The van der Waals surface area contributed by atoms with Crippen LogP contribution >= 0.6 is 0 Å². The summed E-state index contributed by atoms with van der Waals surface area (Å²) in [5.41, 5.74) is 5.75. The van der Waals surface area contributed by atoms with Gasteiger partial charge in [-0.25, -0.2) is 0 Å². The molecule has 1 atom stereocenters. The lowest BCUT2D eigenvalue weighted by molar-refractivity contribution is -0.135. The van der Waals surface area contributed by atoms with E-state index in [0.29, 0.717) is 18.6 Å². The Kier molecular flexibility index (Phi) is 5.45. The van der Waals surface area contributed by atoms with Crippen molar-refractivity contribution >= 4 is 11.8 Å². The lowest BCUT2D eigenvalue weighted by Crippen LogP contribution is -2.51. The maximum Gasteiger partial charge on any atom is 0.279 e. The number of carbonyl (C=O) groups is 2. The number of nitrogens with zero attached hydrogens (tertiary/aromatic N) is 1. The second kappa shape index (κ2) is 7.35. The zero-order valence-corrected chi connectivity index (χ0v) is 14.3. The molecule has 1 aliphatic rings. The zero-order chi connectivity index (χ0) is 17.7. The third-order valence-electron chi connectivity index (χ3n) is 4.63. The number of rotatable bonds is 4. The molecule has 6 heteroatoms. The van der Waals surface area contributed by atoms with Crippen molar-refractivity contribution in [1.82, 2.24) is 10.9 Å². The molecule has 0 bridgehead atoms. The highest BCUT2D eigenvalue weighted by Crippen LogP contribution is 2.37. The van der Waals surface area contributed by atoms with Gasteiger partial charge in [-0.3, -0.25) is 20.4 Å². The van der Waals surface area contributed by atoms with Gasteiger partial charge in [0.15, 0.2) is 6.10 Å². The van der Waals surface area contributed by atoms with E-state index in [0.717, 1.165) is 24.0 Å². The van der Waals surface area contributed by atoms with Gasteiger partial charge in [0.1, 0.15) is 11.2 Å². The molecule has 128 valence electrons. The molecule has 0 spiro atoms. The van der Waals surface area contributed by atoms with Crippen molar-refractivity contribution in [2.24, 2.45) is 5.41 Å². The predicted octanol–water partition coefficient (Wildman–Crippen LogP) is 2.30. The monoisotopic (exact) mass is 329 g/mol. The van der Waals surface area contributed by atoms with E-state index >= 15 is 0 Å². The Bertz CT molecular complexity index is 673. The van der Waals surface area contributed by atoms with Crippen LogP contribution in [0.25, 0.3) is 0 Å². The molecule has 2 amide bonds. The first-order valence-corrected chi connectivity index (χ1v) is 8.14. The van der Waals surface area contributed by atoms with Gasteiger partial charge in [0.2, 0.25) is 0 Å². The van der Waals surface area contributed by atoms with Gasteiger partial charge in [0, 0.05) is 0 Å². The first-order chi connectivity index (χ1) is 11.4. The number of carbonyl (C=O) groups excluding carboxylic acids is 2. The van der Waals surface area contributed by atoms with Gasteiger partial charge >= 0.3 is 0 Å². The van der Waals surface area contributed by atoms with E-state index in [4.69, 9.17) is 4.74 Å². The predicted molar refractivity (Wildman–Crippen MR) is 88.8 cm³/mol. The van der Waals surface area contributed by atoms with Gasteiger partial charge in [-0.2, -0.15) is 5.26 Å². The van der Waals surface area contributed by atoms with Crippen molar-refractivity contribution in [3.05, 3.63) is 29.3 Å². The van der Waals surface area contributed by atoms with Gasteiger partial charge in [-0.15, -0.1) is 0 Å². The van der Waals surface area contributed by atoms with E-state index in [-0.39, 0.29) is 0 Å². The summed E-state index contributed by atoms with van der Waals surface area (Å²) in [7, 11) is 0. The molecule has 1 saturated carbocycles. The van der Waals surface area contributed by atoms with Gasteiger partial charge in [-0.05, 0) is 50.8 Å². The van der Waals surface area contributed by atoms with Crippen LogP contribution in [0.3, 0.4) is 0 Å². The zero-order valence-electron chi connectivity index (χ0n) is 14.3. The molecular formula is C18H23N3O3. The Hall–Kier alpha value is -2.55. The van der Waals surface area contributed by atoms with Gasteiger partial charge in [0.05, 0.1) is 6.07 Å². The van der Waals surface area contributed by atoms with Crippen LogP contribution in [-0.4, -0.2) is 17.9 Å². The van der Waals surface area contributed by atoms with Crippen LogP contribution in [0.5, 0.6) is 5.75 Å². The number of hydrazine groups is 1. The molecule has 0 saturated heterocycles. The minimum atomic E-state index is -1.02. The average Bonchev–Trinajstić information content (AvgIpc) is 3.06. The number of aryl methyl sites for hydroxylation is 1. The molecular weight excluding hydrogens is 306 g/mol. The summed E-state index contributed by atoms with van der Waals surface area (Å²) in [5.74, 6) is -0.279. The largest absolute Gasteiger partial charge is 0.481 e. The number of amides is 2. The van der Waals surface area contributed by atoms with Crippen LogP contribution in [0.4, 0.5) is 0 Å². The van der Waals surface area contributed by atoms with Crippen LogP contribution in [-0.2, 0) is 9.59 Å². The topological polar surface area (TPSA) is 91.2 Å². The Morgan fingerprint density at radius 3 is 2.54 bits per heavy atom. The molecule has 1 aromatic carbocycles. The minimum absolute atomic E-state index is 0.449. The Balaban J connectivity index is 1.91. The third-order valence-corrected chi connectivity index (χ3v) is 4.63. The first kappa shape index (κ1) is 17.8. The van der Waals surface area contributed by atoms with Crippen LogP contribution < -0.4 is 15.6 Å². The van der Waals surface area contributed by atoms with E-state index < -0.39 is 23.3 Å². The third kappa shape index (κ3) is 3.67. The van der Waals surface area contributed by atoms with Gasteiger partial charge in [0.25, 0.3) is 11.8 Å². The summed E-state index contributed by atoms with van der Waals surface area (Å²) in [6.07, 6.45) is 1.98. The standard InChI is InChI=1S/C18H23N3O3/c1-12-7-6-8-15(13(12)2)24-14(3)16(22)20-21-17(23)18(11-19)9-4-5-10-18/h6-8,14H,4-5,9-10H2,1-3H3,(H,20,22)(H,21,23). The van der Waals surface area contributed by atoms with Crippen molar-refractivity contribution in [2.75, 3.05) is 0 Å². The fourth-order valence-electron chi connectivity index (χ4n) is 2.80. The van der Waals surface area contributed by atoms with Crippen LogP contribution in [0.15, 0.2) is 18.2 Å². The average molecular weight is 329 g/mol. The molecule has 1 unspecified atom stereocenters. The SMILES string of the molecule is Cc1cccc(OC(C)C(=O)NNC(=O)C2(C#N)CCCC2)c1C. The lowest BCUT2D eigenvalue weighted by Gasteiger charge is -2.21. The number of ether oxygens (including phenoxy) is 1. The summed E-state index contributed by atoms with van der Waals surface area (Å²) in [4.78, 5) is 24.3. The summed E-state index contributed by atoms with van der Waals surface area (Å²) in [5, 5.41) is 9.26. The number of nitriles is 1. The minimum Gasteiger partial charge on any atom is -0.481 e. The Morgan fingerprint density at radius 2 is 1.92 bits per heavy atom. The Morgan fingerprint density at radius 1 is 1.25 bits per heavy atom. The molecule has 1 aliphatic carbocycles. The van der Waals surface area contributed by atoms with Crippen molar-refractivity contribution in [3.63, 3.8) is 0 Å². The molecule has 6 nitrogen and oxygen atoms in total. The van der Waals surface area contributed by atoms with Crippen LogP contribution in [0.1, 0.15) is 43.7 Å². The number of hydrogen-bond acceptors (Lipinski definition) is 4. The summed E-state index contributed by atoms with van der Waals surface area (Å²) in [6.45, 7) is 5.50. The van der Waals surface area contributed by atoms with Crippen molar-refractivity contribution in [1.29, 1.82) is 5.26 Å². The number of benzene rings is 1. The summed E-state index contributed by atoms with van der Waals surface area (Å²) in [6, 6.07) is 7.72. The van der Waals surface area contributed by atoms with Gasteiger partial charge in [-0.1, -0.05) is 25.0 Å². The molecule has 24 heavy (non-hydrogen) atoms. The van der Waals surface area contributed by atoms with E-state index in [9.17, 15) is 14.9 Å². The second-order valence-electron chi connectivity index (χ2n) is 6.30. The smallest absolute Gasteiger partial charge is 0.279 e. The summed E-state index contributed by atoms with van der Waals surface area (Å²) < 4.78 is 5.67. The quantitative estimate of drug-likeness (QED) is 0.829. The molecule has 1 aromatic rings. The lowest BCUT2D eigenvalue weighted by atomic mass is 9.87. The molecule has 2 rings (SSSR count). The molecule has 0 aliphatic heterocycles. The van der Waals surface area contributed by atoms with Crippen molar-refractivity contribution in [2.45, 2.75) is 52.6 Å². The Labute approximate surface area is 142 Å². The van der Waals surface area contributed by atoms with Crippen molar-refractivity contribution < 1.29 is 14.3 Å². The first-order valence-electron chi connectivity index (χ1n) is 8.14. The molecule has 0 heterocycles. The molecule has 0 radical (unpaired) electrons. The van der Waals surface area contributed by atoms with Gasteiger partial charge < -0.3 is 4.74 Å². The van der Waals surface area contributed by atoms with Crippen LogP contribution in [0, 0.1) is 30.6 Å². The second-order valence-corrected chi connectivity index (χ2v) is 6.30.